The summed E-state index contributed by atoms with van der Waals surface area (Å²) >= 11 is 0. The summed E-state index contributed by atoms with van der Waals surface area (Å²) in [7, 11) is 1.99. The zero-order chi connectivity index (χ0) is 13.4. The summed E-state index contributed by atoms with van der Waals surface area (Å²) in [6.07, 6.45) is 6.10. The summed E-state index contributed by atoms with van der Waals surface area (Å²) in [6, 6.07) is 6.69. The van der Waals surface area contributed by atoms with Gasteiger partial charge >= 0.3 is 0 Å². The highest BCUT2D eigenvalue weighted by Crippen LogP contribution is 2.37. The van der Waals surface area contributed by atoms with Gasteiger partial charge in [0, 0.05) is 29.1 Å². The van der Waals surface area contributed by atoms with E-state index in [1.54, 1.807) is 0 Å². The number of rotatable bonds is 3. The molecule has 1 aliphatic carbocycles. The monoisotopic (exact) mass is 254 g/mol. The van der Waals surface area contributed by atoms with E-state index in [-0.39, 0.29) is 5.92 Å². The fourth-order valence-electron chi connectivity index (χ4n) is 3.12. The predicted octanol–water partition coefficient (Wildman–Crippen LogP) is 2.54. The Hall–Kier alpha value is -1.87. The number of hydrogen-bond acceptors (Lipinski definition) is 2. The molecular weight excluding hydrogens is 236 g/mol. The molecule has 0 fully saturated rings. The molecule has 3 nitrogen and oxygen atoms in total. The third-order valence-corrected chi connectivity index (χ3v) is 4.05. The van der Waals surface area contributed by atoms with E-state index in [2.05, 4.69) is 40.8 Å². The average Bonchev–Trinajstić information content (AvgIpc) is 2.86. The zero-order valence-corrected chi connectivity index (χ0v) is 11.2. The molecule has 2 N–H and O–H groups in total. The number of hydrogen-bond donors (Lipinski definition) is 2. The maximum absolute atomic E-state index is 10.9. The van der Waals surface area contributed by atoms with Crippen molar-refractivity contribution in [1.82, 2.24) is 10.3 Å². The van der Waals surface area contributed by atoms with E-state index >= 15 is 0 Å². The van der Waals surface area contributed by atoms with Gasteiger partial charge in [-0.05, 0) is 43.2 Å². The van der Waals surface area contributed by atoms with E-state index in [4.69, 9.17) is 0 Å². The minimum absolute atomic E-state index is 0.252. The molecule has 98 valence electrons. The molecule has 19 heavy (non-hydrogen) atoms. The van der Waals surface area contributed by atoms with Gasteiger partial charge in [0.2, 0.25) is 0 Å². The first-order valence-electron chi connectivity index (χ1n) is 6.64. The number of likely N-dealkylation sites (N-methyl/N-ethyl adjacent to an activating group) is 1. The second kappa shape index (κ2) is 4.67. The summed E-state index contributed by atoms with van der Waals surface area (Å²) < 4.78 is 0. The van der Waals surface area contributed by atoms with Crippen molar-refractivity contribution in [2.45, 2.75) is 25.3 Å². The van der Waals surface area contributed by atoms with E-state index in [9.17, 15) is 4.79 Å². The van der Waals surface area contributed by atoms with Gasteiger partial charge in [0.1, 0.15) is 6.29 Å². The van der Waals surface area contributed by atoms with Gasteiger partial charge in [0.25, 0.3) is 0 Å². The molecule has 2 atom stereocenters. The number of carbonyl (C=O) groups excluding carboxylic acids is 1. The van der Waals surface area contributed by atoms with Gasteiger partial charge in [-0.3, -0.25) is 4.79 Å². The molecule has 0 unspecified atom stereocenters. The van der Waals surface area contributed by atoms with Crippen molar-refractivity contribution in [2.75, 3.05) is 7.05 Å². The fraction of sp³-hybridized carbons (Fsp3) is 0.312. The minimum Gasteiger partial charge on any atom is -0.361 e. The minimum atomic E-state index is 0.252. The lowest BCUT2D eigenvalue weighted by molar-refractivity contribution is -0.104. The number of carbonyl (C=O) groups is 1. The second-order valence-corrected chi connectivity index (χ2v) is 5.24. The Morgan fingerprint density at radius 3 is 3.05 bits per heavy atom. The largest absolute Gasteiger partial charge is 0.361 e. The molecule has 1 heterocycles. The number of H-pyrrole nitrogens is 1. The normalized spacial score (nSPS) is 22.7. The smallest absolute Gasteiger partial charge is 0.145 e. The van der Waals surface area contributed by atoms with Crippen molar-refractivity contribution in [1.29, 1.82) is 0 Å². The molecule has 1 aliphatic rings. The molecule has 0 spiro atoms. The number of allylic oxidation sites excluding steroid dienone is 1. The Bertz CT molecular complexity index is 654. The van der Waals surface area contributed by atoms with Gasteiger partial charge in [-0.2, -0.15) is 0 Å². The Labute approximate surface area is 112 Å². The third kappa shape index (κ3) is 1.90. The van der Waals surface area contributed by atoms with Crippen LogP contribution in [0.15, 0.2) is 36.0 Å². The number of aromatic nitrogens is 1. The standard InChI is InChI=1S/C16H18N2O/c1-10(9-19)6-13-12-4-3-5-14-16(12)11(8-18-14)7-15(13)17-2/h3-6,8-9,13,15,17-18H,7H2,1-2H3/b10-6+/t13-,15-/m1/s1. The quantitative estimate of drug-likeness (QED) is 0.653. The van der Waals surface area contributed by atoms with Crippen molar-refractivity contribution in [3.63, 3.8) is 0 Å². The van der Waals surface area contributed by atoms with Crippen molar-refractivity contribution >= 4 is 17.2 Å². The SMILES string of the molecule is CN[C@@H]1Cc2c[nH]c3cccc(c23)[C@H]1/C=C(\C)C=O. The molecule has 3 heteroatoms. The fourth-order valence-corrected chi connectivity index (χ4v) is 3.12. The van der Waals surface area contributed by atoms with Crippen LogP contribution in [0.5, 0.6) is 0 Å². The van der Waals surface area contributed by atoms with Crippen LogP contribution in [0.25, 0.3) is 10.9 Å². The Morgan fingerprint density at radius 2 is 2.32 bits per heavy atom. The molecule has 1 aromatic carbocycles. The lowest BCUT2D eigenvalue weighted by Crippen LogP contribution is -2.35. The van der Waals surface area contributed by atoms with Crippen LogP contribution in [-0.2, 0) is 11.2 Å². The highest BCUT2D eigenvalue weighted by molar-refractivity contribution is 5.89. The van der Waals surface area contributed by atoms with E-state index < -0.39 is 0 Å². The van der Waals surface area contributed by atoms with Crippen molar-refractivity contribution in [3.8, 4) is 0 Å². The number of aldehydes is 1. The Kier molecular flexibility index (Phi) is 2.99. The van der Waals surface area contributed by atoms with E-state index in [0.717, 1.165) is 18.3 Å². The topological polar surface area (TPSA) is 44.9 Å². The van der Waals surface area contributed by atoms with E-state index in [1.807, 2.05) is 14.0 Å². The van der Waals surface area contributed by atoms with Gasteiger partial charge in [-0.25, -0.2) is 0 Å². The molecule has 0 amide bonds. The molecule has 0 bridgehead atoms. The van der Waals surface area contributed by atoms with Crippen LogP contribution in [0.3, 0.4) is 0 Å². The molecular formula is C16H18N2O. The van der Waals surface area contributed by atoms with Crippen LogP contribution >= 0.6 is 0 Å². The number of nitrogens with one attached hydrogen (secondary N) is 2. The van der Waals surface area contributed by atoms with Gasteiger partial charge in [-0.15, -0.1) is 0 Å². The lowest BCUT2D eigenvalue weighted by atomic mass is 9.79. The van der Waals surface area contributed by atoms with Gasteiger partial charge in [0.05, 0.1) is 0 Å². The second-order valence-electron chi connectivity index (χ2n) is 5.24. The summed E-state index contributed by atoms with van der Waals surface area (Å²) in [5.41, 5.74) is 4.64. The third-order valence-electron chi connectivity index (χ3n) is 4.05. The van der Waals surface area contributed by atoms with Crippen LogP contribution in [-0.4, -0.2) is 24.4 Å². The van der Waals surface area contributed by atoms with Gasteiger partial charge < -0.3 is 10.3 Å². The maximum Gasteiger partial charge on any atom is 0.145 e. The molecule has 0 aliphatic heterocycles. The van der Waals surface area contributed by atoms with Gasteiger partial charge in [-0.1, -0.05) is 18.2 Å². The first-order valence-corrected chi connectivity index (χ1v) is 6.64. The predicted molar refractivity (Wildman–Crippen MR) is 77.4 cm³/mol. The molecule has 0 saturated carbocycles. The summed E-state index contributed by atoms with van der Waals surface area (Å²) in [6.45, 7) is 1.87. The number of benzene rings is 1. The number of aromatic amines is 1. The molecule has 3 rings (SSSR count). The van der Waals surface area contributed by atoms with Crippen molar-refractivity contribution < 1.29 is 4.79 Å². The first-order chi connectivity index (χ1) is 9.24. The van der Waals surface area contributed by atoms with Crippen LogP contribution in [0.1, 0.15) is 24.0 Å². The van der Waals surface area contributed by atoms with E-state index in [1.165, 1.54) is 22.0 Å². The molecule has 0 saturated heterocycles. The molecule has 0 radical (unpaired) electrons. The average molecular weight is 254 g/mol. The van der Waals surface area contributed by atoms with Crippen LogP contribution < -0.4 is 5.32 Å². The lowest BCUT2D eigenvalue weighted by Gasteiger charge is -2.30. The van der Waals surface area contributed by atoms with Gasteiger partial charge in [0.15, 0.2) is 0 Å². The van der Waals surface area contributed by atoms with Crippen LogP contribution in [0.2, 0.25) is 0 Å². The van der Waals surface area contributed by atoms with Crippen molar-refractivity contribution in [3.05, 3.63) is 47.2 Å². The first kappa shape index (κ1) is 12.2. The molecule has 1 aromatic heterocycles. The Balaban J connectivity index is 2.20. The molecule has 2 aromatic rings. The Morgan fingerprint density at radius 1 is 1.47 bits per heavy atom. The highest BCUT2D eigenvalue weighted by atomic mass is 16.1. The zero-order valence-electron chi connectivity index (χ0n) is 11.2. The summed E-state index contributed by atoms with van der Waals surface area (Å²) in [5, 5.41) is 4.71. The van der Waals surface area contributed by atoms with Crippen LogP contribution in [0, 0.1) is 0 Å². The summed E-state index contributed by atoms with van der Waals surface area (Å²) in [4.78, 5) is 14.3. The van der Waals surface area contributed by atoms with Crippen molar-refractivity contribution in [2.24, 2.45) is 0 Å². The maximum atomic E-state index is 10.9. The highest BCUT2D eigenvalue weighted by Gasteiger charge is 2.28. The van der Waals surface area contributed by atoms with E-state index in [0.29, 0.717) is 6.04 Å². The van der Waals surface area contributed by atoms with Crippen LogP contribution in [0.4, 0.5) is 0 Å². The summed E-state index contributed by atoms with van der Waals surface area (Å²) in [5.74, 6) is 0.252.